The number of halogens is 3. The van der Waals surface area contributed by atoms with Gasteiger partial charge >= 0.3 is 0 Å². The van der Waals surface area contributed by atoms with Gasteiger partial charge in [-0.2, -0.15) is 0 Å². The number of hydrogen-bond donors (Lipinski definition) is 2. The lowest BCUT2D eigenvalue weighted by Crippen LogP contribution is -2.14. The fourth-order valence-electron chi connectivity index (χ4n) is 2.27. The van der Waals surface area contributed by atoms with Crippen LogP contribution in [0.2, 0.25) is 0 Å². The van der Waals surface area contributed by atoms with Crippen molar-refractivity contribution in [2.75, 3.05) is 0 Å². The highest BCUT2D eigenvalue weighted by Crippen LogP contribution is 2.28. The number of rotatable bonds is 3. The van der Waals surface area contributed by atoms with Crippen LogP contribution in [0, 0.1) is 22.9 Å². The predicted molar refractivity (Wildman–Crippen MR) is 85.2 cm³/mol. The van der Waals surface area contributed by atoms with Gasteiger partial charge < -0.3 is 10.7 Å². The molecule has 0 spiro atoms. The number of allylic oxidation sites excluding steroid dienone is 2. The van der Waals surface area contributed by atoms with Crippen LogP contribution in [0.25, 0.3) is 11.3 Å². The van der Waals surface area contributed by atoms with Crippen molar-refractivity contribution in [3.63, 3.8) is 0 Å². The van der Waals surface area contributed by atoms with E-state index in [0.29, 0.717) is 23.2 Å². The Bertz CT molecular complexity index is 901. The lowest BCUT2D eigenvalue weighted by molar-refractivity contribution is 0.497. The van der Waals surface area contributed by atoms with E-state index in [2.05, 4.69) is 15.3 Å². The summed E-state index contributed by atoms with van der Waals surface area (Å²) in [4.78, 5) is 8.35. The van der Waals surface area contributed by atoms with Gasteiger partial charge in [0.1, 0.15) is 11.6 Å². The van der Waals surface area contributed by atoms with Crippen LogP contribution in [-0.4, -0.2) is 16.9 Å². The molecule has 0 saturated heterocycles. The Morgan fingerprint density at radius 3 is 2.75 bits per heavy atom. The minimum absolute atomic E-state index is 0.0768. The Morgan fingerprint density at radius 1 is 1.12 bits per heavy atom. The summed E-state index contributed by atoms with van der Waals surface area (Å²) >= 11 is 0. The molecule has 0 bridgehead atoms. The third kappa shape index (κ3) is 2.96. The highest BCUT2D eigenvalue weighted by atomic mass is 19.2. The molecule has 2 heterocycles. The second-order valence-electron chi connectivity index (χ2n) is 4.84. The molecule has 1 aromatic heterocycles. The van der Waals surface area contributed by atoms with Gasteiger partial charge in [-0.3, -0.25) is 4.98 Å². The van der Waals surface area contributed by atoms with Gasteiger partial charge in [0.2, 0.25) is 0 Å². The predicted octanol–water partition coefficient (Wildman–Crippen LogP) is 3.56. The van der Waals surface area contributed by atoms with Crippen molar-refractivity contribution in [2.24, 2.45) is 4.99 Å². The fraction of sp³-hybridized carbons (Fsp3) is 0. The quantitative estimate of drug-likeness (QED) is 0.668. The van der Waals surface area contributed by atoms with E-state index in [0.717, 1.165) is 12.3 Å². The van der Waals surface area contributed by atoms with Crippen LogP contribution < -0.4 is 5.32 Å². The number of aromatic nitrogens is 1. The molecular formula is C17H11F3N4. The molecule has 4 nitrogen and oxygen atoms in total. The van der Waals surface area contributed by atoms with Crippen LogP contribution in [0.4, 0.5) is 13.2 Å². The summed E-state index contributed by atoms with van der Waals surface area (Å²) in [5.41, 5.74) is 0.632. The number of benzene rings is 1. The minimum Gasteiger partial charge on any atom is -0.347 e. The lowest BCUT2D eigenvalue weighted by Gasteiger charge is -2.14. The summed E-state index contributed by atoms with van der Waals surface area (Å²) in [6.07, 6.45) is 7.11. The zero-order valence-electron chi connectivity index (χ0n) is 12.2. The maximum Gasteiger partial charge on any atom is 0.168 e. The lowest BCUT2D eigenvalue weighted by atomic mass is 10.0. The summed E-state index contributed by atoms with van der Waals surface area (Å²) in [5.74, 6) is -2.95. The molecule has 2 aromatic rings. The molecule has 3 rings (SSSR count). The molecule has 2 N–H and O–H groups in total. The molecule has 7 heteroatoms. The van der Waals surface area contributed by atoms with E-state index in [1.54, 1.807) is 24.4 Å². The van der Waals surface area contributed by atoms with Gasteiger partial charge in [-0.05, 0) is 30.4 Å². The SMILES string of the molecule is N=C/C=C1/N=C(c2cccnc2-c2cc(F)cc(F)c2F)C=CN1. The van der Waals surface area contributed by atoms with Gasteiger partial charge in [0.25, 0.3) is 0 Å². The molecule has 1 aliphatic heterocycles. The summed E-state index contributed by atoms with van der Waals surface area (Å²) in [7, 11) is 0. The molecule has 0 aliphatic carbocycles. The van der Waals surface area contributed by atoms with Crippen molar-refractivity contribution in [1.82, 2.24) is 10.3 Å². The number of pyridine rings is 1. The molecular weight excluding hydrogens is 317 g/mol. The number of aliphatic imine (C=N–C) groups is 1. The van der Waals surface area contributed by atoms with E-state index in [4.69, 9.17) is 5.41 Å². The normalized spacial score (nSPS) is 15.1. The van der Waals surface area contributed by atoms with Crippen LogP contribution in [0.15, 0.2) is 59.6 Å². The van der Waals surface area contributed by atoms with Gasteiger partial charge in [-0.25, -0.2) is 18.2 Å². The van der Waals surface area contributed by atoms with Gasteiger partial charge in [0.15, 0.2) is 11.6 Å². The van der Waals surface area contributed by atoms with E-state index >= 15 is 0 Å². The van der Waals surface area contributed by atoms with Crippen molar-refractivity contribution in [1.29, 1.82) is 5.41 Å². The number of hydrogen-bond acceptors (Lipinski definition) is 4. The van der Waals surface area contributed by atoms with Crippen molar-refractivity contribution in [3.8, 4) is 11.3 Å². The molecule has 24 heavy (non-hydrogen) atoms. The van der Waals surface area contributed by atoms with Crippen LogP contribution >= 0.6 is 0 Å². The summed E-state index contributed by atoms with van der Waals surface area (Å²) < 4.78 is 41.2. The topological polar surface area (TPSA) is 61.1 Å². The third-order valence-electron chi connectivity index (χ3n) is 3.29. The van der Waals surface area contributed by atoms with Gasteiger partial charge in [0.05, 0.1) is 11.4 Å². The van der Waals surface area contributed by atoms with Crippen LogP contribution in [-0.2, 0) is 0 Å². The Kier molecular flexibility index (Phi) is 4.24. The molecule has 0 fully saturated rings. The molecule has 120 valence electrons. The van der Waals surface area contributed by atoms with Crippen molar-refractivity contribution in [2.45, 2.75) is 0 Å². The highest BCUT2D eigenvalue weighted by molar-refractivity contribution is 6.13. The number of nitrogens with one attached hydrogen (secondary N) is 2. The van der Waals surface area contributed by atoms with Gasteiger partial charge in [-0.15, -0.1) is 0 Å². The second kappa shape index (κ2) is 6.49. The zero-order chi connectivity index (χ0) is 17.1. The first kappa shape index (κ1) is 15.7. The zero-order valence-corrected chi connectivity index (χ0v) is 12.2. The largest absolute Gasteiger partial charge is 0.347 e. The van der Waals surface area contributed by atoms with E-state index in [9.17, 15) is 13.2 Å². The van der Waals surface area contributed by atoms with E-state index in [-0.39, 0.29) is 11.3 Å². The maximum atomic E-state index is 14.1. The Labute approximate surface area is 135 Å². The first-order chi connectivity index (χ1) is 11.6. The standard InChI is InChI=1S/C17H11F3N4/c18-10-8-12(16(20)13(19)9-10)17-11(2-1-6-23-17)14-4-7-22-15(24-14)3-5-21/h1-9,21-22H/b15-3+,21-5?. The third-order valence-corrected chi connectivity index (χ3v) is 3.29. The monoisotopic (exact) mass is 328 g/mol. The molecule has 0 radical (unpaired) electrons. The average molecular weight is 328 g/mol. The Balaban J connectivity index is 2.19. The molecule has 0 saturated carbocycles. The first-order valence-corrected chi connectivity index (χ1v) is 6.93. The summed E-state index contributed by atoms with van der Waals surface area (Å²) in [6, 6.07) is 4.62. The molecule has 0 unspecified atom stereocenters. The maximum absolute atomic E-state index is 14.1. The van der Waals surface area contributed by atoms with Crippen LogP contribution in [0.5, 0.6) is 0 Å². The molecule has 0 amide bonds. The van der Waals surface area contributed by atoms with Crippen LogP contribution in [0.1, 0.15) is 5.56 Å². The molecule has 0 atom stereocenters. The van der Waals surface area contributed by atoms with E-state index in [1.165, 1.54) is 12.3 Å². The Morgan fingerprint density at radius 2 is 1.96 bits per heavy atom. The average Bonchev–Trinajstić information content (AvgIpc) is 2.59. The highest BCUT2D eigenvalue weighted by Gasteiger charge is 2.19. The smallest absolute Gasteiger partial charge is 0.168 e. The van der Waals surface area contributed by atoms with Crippen molar-refractivity contribution < 1.29 is 13.2 Å². The Hall–Kier alpha value is -3.22. The second-order valence-corrected chi connectivity index (χ2v) is 4.84. The summed E-state index contributed by atoms with van der Waals surface area (Å²) in [5, 5.41) is 9.92. The van der Waals surface area contributed by atoms with Crippen molar-refractivity contribution >= 4 is 11.9 Å². The van der Waals surface area contributed by atoms with Gasteiger partial charge in [0, 0.05) is 35.8 Å². The van der Waals surface area contributed by atoms with E-state index < -0.39 is 17.5 Å². The van der Waals surface area contributed by atoms with Crippen LogP contribution in [0.3, 0.4) is 0 Å². The van der Waals surface area contributed by atoms with Gasteiger partial charge in [-0.1, -0.05) is 0 Å². The van der Waals surface area contributed by atoms with Crippen molar-refractivity contribution in [3.05, 3.63) is 77.7 Å². The minimum atomic E-state index is -1.28. The molecule has 1 aliphatic rings. The number of nitrogens with zero attached hydrogens (tertiary/aromatic N) is 2. The first-order valence-electron chi connectivity index (χ1n) is 6.93. The molecule has 1 aromatic carbocycles. The fourth-order valence-corrected chi connectivity index (χ4v) is 2.27. The summed E-state index contributed by atoms with van der Waals surface area (Å²) in [6.45, 7) is 0. The van der Waals surface area contributed by atoms with E-state index in [1.807, 2.05) is 0 Å².